The van der Waals surface area contributed by atoms with Crippen LogP contribution in [0.4, 0.5) is 0 Å². The van der Waals surface area contributed by atoms with Gasteiger partial charge in [-0.3, -0.25) is 9.59 Å². The minimum Gasteiger partial charge on any atom is -0.340 e. The van der Waals surface area contributed by atoms with Gasteiger partial charge in [0.15, 0.2) is 5.78 Å². The Hall–Kier alpha value is -2.17. The first kappa shape index (κ1) is 19.9. The van der Waals surface area contributed by atoms with Crippen molar-refractivity contribution in [2.24, 2.45) is 0 Å². The maximum atomic E-state index is 12.7. The highest BCUT2D eigenvalue weighted by atomic mass is 35.5. The van der Waals surface area contributed by atoms with Gasteiger partial charge in [-0.05, 0) is 20.0 Å². The molecule has 0 aliphatic rings. The first-order valence-corrected chi connectivity index (χ1v) is 7.65. The van der Waals surface area contributed by atoms with Crippen molar-refractivity contribution in [2.75, 3.05) is 27.2 Å². The number of amides is 1. The van der Waals surface area contributed by atoms with Crippen LogP contribution in [0.15, 0.2) is 48.5 Å². The van der Waals surface area contributed by atoms with Crippen LogP contribution in [0.2, 0.25) is 0 Å². The van der Waals surface area contributed by atoms with Gasteiger partial charge in [0.2, 0.25) is 0 Å². The lowest BCUT2D eigenvalue weighted by Gasteiger charge is -2.18. The highest BCUT2D eigenvalue weighted by molar-refractivity contribution is 6.15. The lowest BCUT2D eigenvalue weighted by Crippen LogP contribution is -2.33. The van der Waals surface area contributed by atoms with Crippen molar-refractivity contribution in [1.82, 2.24) is 10.2 Å². The zero-order chi connectivity index (χ0) is 16.8. The number of benzene rings is 2. The molecule has 1 N–H and O–H groups in total. The molecule has 2 aromatic rings. The summed E-state index contributed by atoms with van der Waals surface area (Å²) in [7, 11) is 3.58. The molecule has 0 spiro atoms. The van der Waals surface area contributed by atoms with Crippen molar-refractivity contribution in [3.05, 3.63) is 70.8 Å². The number of nitrogens with one attached hydrogen (secondary N) is 1. The molecule has 0 radical (unpaired) electrons. The molecule has 0 unspecified atom stereocenters. The number of carbonyl (C=O) groups is 2. The van der Waals surface area contributed by atoms with Crippen LogP contribution in [-0.2, 0) is 0 Å². The number of hydrogen-bond acceptors (Lipinski definition) is 3. The quantitative estimate of drug-likeness (QED) is 0.818. The van der Waals surface area contributed by atoms with Crippen LogP contribution in [0.1, 0.15) is 31.8 Å². The maximum absolute atomic E-state index is 12.7. The van der Waals surface area contributed by atoms with Crippen LogP contribution in [0.5, 0.6) is 0 Å². The zero-order valence-corrected chi connectivity index (χ0v) is 15.0. The van der Waals surface area contributed by atoms with Gasteiger partial charge >= 0.3 is 0 Å². The summed E-state index contributed by atoms with van der Waals surface area (Å²) >= 11 is 0. The van der Waals surface area contributed by atoms with Crippen LogP contribution in [-0.4, -0.2) is 43.8 Å². The van der Waals surface area contributed by atoms with Gasteiger partial charge in [0, 0.05) is 31.3 Å². The molecule has 0 atom stereocenters. The second kappa shape index (κ2) is 9.21. The topological polar surface area (TPSA) is 49.4 Å². The predicted molar refractivity (Wildman–Crippen MR) is 99.2 cm³/mol. The Labute approximate surface area is 149 Å². The molecular weight excluding hydrogens is 324 g/mol. The average Bonchev–Trinajstić information content (AvgIpc) is 2.59. The van der Waals surface area contributed by atoms with Gasteiger partial charge in [-0.25, -0.2) is 0 Å². The SMILES string of the molecule is CNCCN(C)C(=O)c1ccccc1C(=O)c1ccc(C)cc1.Cl. The Bertz CT molecular complexity index is 699. The Balaban J connectivity index is 0.00000288. The zero-order valence-electron chi connectivity index (χ0n) is 14.2. The summed E-state index contributed by atoms with van der Waals surface area (Å²) in [6.07, 6.45) is 0. The smallest absolute Gasteiger partial charge is 0.254 e. The highest BCUT2D eigenvalue weighted by Crippen LogP contribution is 2.17. The first-order valence-electron chi connectivity index (χ1n) is 7.65. The van der Waals surface area contributed by atoms with Crippen LogP contribution in [0.25, 0.3) is 0 Å². The van der Waals surface area contributed by atoms with Gasteiger partial charge in [0.25, 0.3) is 5.91 Å². The van der Waals surface area contributed by atoms with Crippen LogP contribution < -0.4 is 5.32 Å². The lowest BCUT2D eigenvalue weighted by molar-refractivity contribution is 0.0792. The number of hydrogen-bond donors (Lipinski definition) is 1. The van der Waals surface area contributed by atoms with Crippen molar-refractivity contribution in [3.63, 3.8) is 0 Å². The molecule has 0 heterocycles. The van der Waals surface area contributed by atoms with E-state index < -0.39 is 0 Å². The fraction of sp³-hybridized carbons (Fsp3) is 0.263. The van der Waals surface area contributed by atoms with E-state index in [4.69, 9.17) is 0 Å². The molecule has 0 aliphatic carbocycles. The van der Waals surface area contributed by atoms with Gasteiger partial charge < -0.3 is 10.2 Å². The van der Waals surface area contributed by atoms with Gasteiger partial charge in [-0.2, -0.15) is 0 Å². The largest absolute Gasteiger partial charge is 0.340 e. The molecular formula is C19H23ClN2O2. The van der Waals surface area contributed by atoms with E-state index in [0.717, 1.165) is 5.56 Å². The Morgan fingerprint density at radius 2 is 1.58 bits per heavy atom. The van der Waals surface area contributed by atoms with E-state index in [1.807, 2.05) is 26.1 Å². The molecule has 1 amide bonds. The number of ketones is 1. The van der Waals surface area contributed by atoms with Gasteiger partial charge in [-0.1, -0.05) is 48.0 Å². The van der Waals surface area contributed by atoms with Crippen LogP contribution in [0.3, 0.4) is 0 Å². The maximum Gasteiger partial charge on any atom is 0.254 e. The van der Waals surface area contributed by atoms with E-state index in [1.165, 1.54) is 0 Å². The molecule has 4 nitrogen and oxygen atoms in total. The van der Waals surface area contributed by atoms with Crippen molar-refractivity contribution in [1.29, 1.82) is 0 Å². The van der Waals surface area contributed by atoms with Crippen molar-refractivity contribution < 1.29 is 9.59 Å². The molecule has 0 fully saturated rings. The second-order valence-electron chi connectivity index (χ2n) is 5.57. The third-order valence-corrected chi connectivity index (χ3v) is 3.76. The van der Waals surface area contributed by atoms with E-state index in [-0.39, 0.29) is 24.1 Å². The molecule has 128 valence electrons. The van der Waals surface area contributed by atoms with Gasteiger partial charge in [0.1, 0.15) is 0 Å². The van der Waals surface area contributed by atoms with Crippen molar-refractivity contribution >= 4 is 24.1 Å². The number of carbonyl (C=O) groups excluding carboxylic acids is 2. The lowest BCUT2D eigenvalue weighted by atomic mass is 9.97. The van der Waals surface area contributed by atoms with E-state index in [2.05, 4.69) is 5.32 Å². The summed E-state index contributed by atoms with van der Waals surface area (Å²) in [5.41, 5.74) is 2.57. The van der Waals surface area contributed by atoms with Crippen LogP contribution in [0, 0.1) is 6.92 Å². The predicted octanol–water partition coefficient (Wildman–Crippen LogP) is 2.94. The molecule has 5 heteroatoms. The second-order valence-corrected chi connectivity index (χ2v) is 5.57. The monoisotopic (exact) mass is 346 g/mol. The normalized spacial score (nSPS) is 9.96. The summed E-state index contributed by atoms with van der Waals surface area (Å²) in [4.78, 5) is 27.0. The highest BCUT2D eigenvalue weighted by Gasteiger charge is 2.20. The van der Waals surface area contributed by atoms with Gasteiger partial charge in [0.05, 0.1) is 5.56 Å². The number of halogens is 1. The number of aryl methyl sites for hydroxylation is 1. The molecule has 0 saturated heterocycles. The summed E-state index contributed by atoms with van der Waals surface area (Å²) in [5.74, 6) is -0.271. The van der Waals surface area contributed by atoms with E-state index in [1.54, 1.807) is 48.3 Å². The summed E-state index contributed by atoms with van der Waals surface area (Å²) < 4.78 is 0. The number of rotatable bonds is 6. The summed E-state index contributed by atoms with van der Waals surface area (Å²) in [6, 6.07) is 14.4. The molecule has 2 aromatic carbocycles. The molecule has 24 heavy (non-hydrogen) atoms. The molecule has 0 saturated carbocycles. The third kappa shape index (κ3) is 4.66. The standard InChI is InChI=1S/C19H22N2O2.ClH/c1-14-8-10-15(11-9-14)18(22)16-6-4-5-7-17(16)19(23)21(3)13-12-20-2;/h4-11,20H,12-13H2,1-3H3;1H. The molecule has 0 bridgehead atoms. The number of likely N-dealkylation sites (N-methyl/N-ethyl adjacent to an activating group) is 2. The molecule has 0 aliphatic heterocycles. The fourth-order valence-corrected chi connectivity index (χ4v) is 2.31. The van der Waals surface area contributed by atoms with Gasteiger partial charge in [-0.15, -0.1) is 12.4 Å². The number of nitrogens with zero attached hydrogens (tertiary/aromatic N) is 1. The van der Waals surface area contributed by atoms with E-state index >= 15 is 0 Å². The molecule has 0 aromatic heterocycles. The Kier molecular flexibility index (Phi) is 7.62. The van der Waals surface area contributed by atoms with E-state index in [0.29, 0.717) is 29.8 Å². The third-order valence-electron chi connectivity index (χ3n) is 3.76. The van der Waals surface area contributed by atoms with E-state index in [9.17, 15) is 9.59 Å². The van der Waals surface area contributed by atoms with Crippen molar-refractivity contribution in [2.45, 2.75) is 6.92 Å². The first-order chi connectivity index (χ1) is 11.0. The minimum atomic E-state index is -0.142. The van der Waals surface area contributed by atoms with Crippen LogP contribution >= 0.6 is 12.4 Å². The fourth-order valence-electron chi connectivity index (χ4n) is 2.31. The van der Waals surface area contributed by atoms with Crippen molar-refractivity contribution in [3.8, 4) is 0 Å². The average molecular weight is 347 g/mol. The Morgan fingerprint density at radius 3 is 2.17 bits per heavy atom. The molecule has 2 rings (SSSR count). The Morgan fingerprint density at radius 1 is 1.00 bits per heavy atom. The minimum absolute atomic E-state index is 0. The summed E-state index contributed by atoms with van der Waals surface area (Å²) in [6.45, 7) is 3.27. The summed E-state index contributed by atoms with van der Waals surface area (Å²) in [5, 5.41) is 3.01.